The Kier molecular flexibility index (Phi) is 3.72. The fraction of sp³-hybridized carbons (Fsp3) is 0.455. The van der Waals surface area contributed by atoms with Crippen LogP contribution in [0.5, 0.6) is 0 Å². The van der Waals surface area contributed by atoms with E-state index in [9.17, 15) is 4.79 Å². The number of nitrogens with two attached hydrogens (primary N) is 1. The van der Waals surface area contributed by atoms with Crippen LogP contribution in [0.4, 0.5) is 0 Å². The molecule has 0 saturated carbocycles. The average Bonchev–Trinajstić information content (AvgIpc) is 2.73. The lowest BCUT2D eigenvalue weighted by Crippen LogP contribution is -2.30. The molecular formula is C11H15N5O2S. The van der Waals surface area contributed by atoms with E-state index in [1.54, 1.807) is 20.8 Å². The highest BCUT2D eigenvalue weighted by molar-refractivity contribution is 7.98. The zero-order chi connectivity index (χ0) is 14.0. The van der Waals surface area contributed by atoms with Crippen molar-refractivity contribution < 1.29 is 4.52 Å². The summed E-state index contributed by atoms with van der Waals surface area (Å²) in [6.45, 7) is 5.36. The summed E-state index contributed by atoms with van der Waals surface area (Å²) in [7, 11) is 0. The van der Waals surface area contributed by atoms with Gasteiger partial charge in [0.15, 0.2) is 11.0 Å². The second kappa shape index (κ2) is 5.14. The number of aryl methyl sites for hydroxylation is 1. The van der Waals surface area contributed by atoms with Gasteiger partial charge in [0, 0.05) is 11.8 Å². The van der Waals surface area contributed by atoms with Crippen molar-refractivity contribution in [3.63, 3.8) is 0 Å². The summed E-state index contributed by atoms with van der Waals surface area (Å²) >= 11 is 1.32. The third-order valence-corrected chi connectivity index (χ3v) is 3.08. The number of thioether (sulfide) groups is 1. The monoisotopic (exact) mass is 281 g/mol. The molecule has 0 bridgehead atoms. The van der Waals surface area contributed by atoms with Crippen LogP contribution in [0.2, 0.25) is 0 Å². The van der Waals surface area contributed by atoms with Crippen molar-refractivity contribution in [2.75, 3.05) is 0 Å². The molecule has 2 heterocycles. The summed E-state index contributed by atoms with van der Waals surface area (Å²) in [6.07, 6.45) is 0. The first-order valence-electron chi connectivity index (χ1n) is 5.67. The van der Waals surface area contributed by atoms with E-state index in [1.165, 1.54) is 17.8 Å². The maximum absolute atomic E-state index is 11.3. The van der Waals surface area contributed by atoms with Crippen molar-refractivity contribution >= 4 is 11.8 Å². The van der Waals surface area contributed by atoms with Gasteiger partial charge in [0.2, 0.25) is 5.89 Å². The molecule has 2 rings (SSSR count). The summed E-state index contributed by atoms with van der Waals surface area (Å²) in [6, 6.07) is 1.44. The lowest BCUT2D eigenvalue weighted by molar-refractivity contribution is 0.369. The maximum atomic E-state index is 11.3. The number of hydrogen-bond acceptors (Lipinski definition) is 7. The molecule has 102 valence electrons. The first kappa shape index (κ1) is 13.8. The van der Waals surface area contributed by atoms with Crippen molar-refractivity contribution in [1.29, 1.82) is 0 Å². The molecular weight excluding hydrogens is 266 g/mol. The van der Waals surface area contributed by atoms with Crippen LogP contribution in [-0.2, 0) is 11.3 Å². The van der Waals surface area contributed by atoms with Crippen molar-refractivity contribution in [1.82, 2.24) is 20.1 Å². The third-order valence-electron chi connectivity index (χ3n) is 2.22. The van der Waals surface area contributed by atoms with E-state index in [0.29, 0.717) is 28.3 Å². The molecule has 2 aromatic heterocycles. The first-order valence-corrected chi connectivity index (χ1v) is 6.66. The number of aromatic amines is 1. The van der Waals surface area contributed by atoms with Crippen molar-refractivity contribution in [3.05, 3.63) is 33.8 Å². The van der Waals surface area contributed by atoms with E-state index >= 15 is 0 Å². The second-order valence-electron chi connectivity index (χ2n) is 4.71. The quantitative estimate of drug-likeness (QED) is 0.634. The highest BCUT2D eigenvalue weighted by atomic mass is 32.2. The van der Waals surface area contributed by atoms with Gasteiger partial charge in [0.05, 0.1) is 11.3 Å². The minimum absolute atomic E-state index is 0.177. The predicted molar refractivity (Wildman–Crippen MR) is 70.7 cm³/mol. The molecule has 0 aliphatic carbocycles. The molecule has 0 spiro atoms. The Bertz CT molecular complexity index is 629. The Labute approximate surface area is 114 Å². The second-order valence-corrected chi connectivity index (χ2v) is 5.68. The number of aromatic nitrogens is 4. The predicted octanol–water partition coefficient (Wildman–Crippen LogP) is 0.947. The molecule has 0 aliphatic heterocycles. The fourth-order valence-corrected chi connectivity index (χ4v) is 2.08. The molecule has 3 N–H and O–H groups in total. The minimum atomic E-state index is -0.637. The van der Waals surface area contributed by atoms with Crippen LogP contribution < -0.4 is 11.3 Å². The Morgan fingerprint density at radius 2 is 2.21 bits per heavy atom. The topological polar surface area (TPSA) is 111 Å². The van der Waals surface area contributed by atoms with Crippen molar-refractivity contribution in [3.8, 4) is 0 Å². The number of nitrogens with one attached hydrogen (secondary N) is 1. The molecule has 0 amide bonds. The van der Waals surface area contributed by atoms with Crippen LogP contribution in [0.1, 0.15) is 31.3 Å². The molecule has 0 fully saturated rings. The summed E-state index contributed by atoms with van der Waals surface area (Å²) in [5.74, 6) is 1.33. The van der Waals surface area contributed by atoms with Crippen LogP contribution in [0.3, 0.4) is 0 Å². The van der Waals surface area contributed by atoms with E-state index in [1.807, 2.05) is 0 Å². The van der Waals surface area contributed by atoms with Crippen LogP contribution in [0, 0.1) is 6.92 Å². The maximum Gasteiger partial charge on any atom is 0.251 e. The molecule has 0 atom stereocenters. The fourth-order valence-electron chi connectivity index (χ4n) is 1.33. The highest BCUT2D eigenvalue weighted by Gasteiger charge is 2.21. The van der Waals surface area contributed by atoms with Gasteiger partial charge < -0.3 is 15.2 Å². The summed E-state index contributed by atoms with van der Waals surface area (Å²) in [5, 5.41) is 4.34. The molecule has 0 aromatic carbocycles. The Balaban J connectivity index is 2.06. The molecule has 2 aromatic rings. The van der Waals surface area contributed by atoms with Gasteiger partial charge in [-0.1, -0.05) is 16.9 Å². The molecule has 0 saturated heterocycles. The number of hydrogen-bond donors (Lipinski definition) is 2. The Morgan fingerprint density at radius 1 is 1.47 bits per heavy atom. The molecule has 0 aliphatic rings. The summed E-state index contributed by atoms with van der Waals surface area (Å²) in [5.41, 5.74) is 5.72. The molecule has 0 radical (unpaired) electrons. The largest absolute Gasteiger partial charge is 0.338 e. The molecule has 8 heteroatoms. The van der Waals surface area contributed by atoms with Gasteiger partial charge >= 0.3 is 0 Å². The SMILES string of the molecule is Cc1cc(=O)[nH]c(SCc2nc(C(C)(C)N)no2)n1. The van der Waals surface area contributed by atoms with Crippen LogP contribution in [0.25, 0.3) is 0 Å². The third kappa shape index (κ3) is 3.65. The smallest absolute Gasteiger partial charge is 0.251 e. The van der Waals surface area contributed by atoms with Gasteiger partial charge in [0.25, 0.3) is 5.56 Å². The highest BCUT2D eigenvalue weighted by Crippen LogP contribution is 2.19. The number of H-pyrrole nitrogens is 1. The van der Waals surface area contributed by atoms with E-state index in [2.05, 4.69) is 20.1 Å². The normalized spacial score (nSPS) is 11.8. The number of nitrogens with zero attached hydrogens (tertiary/aromatic N) is 3. The van der Waals surface area contributed by atoms with Gasteiger partial charge in [-0.05, 0) is 20.8 Å². The van der Waals surface area contributed by atoms with Gasteiger partial charge in [-0.3, -0.25) is 4.79 Å². The standard InChI is InChI=1S/C11H15N5O2S/c1-6-4-7(17)14-10(13-6)19-5-8-15-9(16-18-8)11(2,3)12/h4H,5,12H2,1-3H3,(H,13,14,17). The van der Waals surface area contributed by atoms with E-state index in [0.717, 1.165) is 0 Å². The van der Waals surface area contributed by atoms with E-state index < -0.39 is 5.54 Å². The molecule has 19 heavy (non-hydrogen) atoms. The van der Waals surface area contributed by atoms with E-state index in [-0.39, 0.29) is 5.56 Å². The zero-order valence-corrected chi connectivity index (χ0v) is 11.7. The van der Waals surface area contributed by atoms with Crippen LogP contribution in [-0.4, -0.2) is 20.1 Å². The lowest BCUT2D eigenvalue weighted by atomic mass is 10.1. The number of rotatable bonds is 4. The molecule has 7 nitrogen and oxygen atoms in total. The van der Waals surface area contributed by atoms with Crippen molar-refractivity contribution in [2.24, 2.45) is 5.73 Å². The molecule has 0 unspecified atom stereocenters. The minimum Gasteiger partial charge on any atom is -0.338 e. The summed E-state index contributed by atoms with van der Waals surface area (Å²) < 4.78 is 5.09. The Morgan fingerprint density at radius 3 is 2.79 bits per heavy atom. The van der Waals surface area contributed by atoms with Crippen LogP contribution in [0.15, 0.2) is 20.5 Å². The average molecular weight is 281 g/mol. The Hall–Kier alpha value is -1.67. The van der Waals surface area contributed by atoms with Gasteiger partial charge in [-0.15, -0.1) is 0 Å². The van der Waals surface area contributed by atoms with Gasteiger partial charge in [-0.2, -0.15) is 4.98 Å². The zero-order valence-electron chi connectivity index (χ0n) is 10.9. The summed E-state index contributed by atoms with van der Waals surface area (Å²) in [4.78, 5) is 22.3. The van der Waals surface area contributed by atoms with Crippen molar-refractivity contribution in [2.45, 2.75) is 37.2 Å². The van der Waals surface area contributed by atoms with Crippen LogP contribution >= 0.6 is 11.8 Å². The van der Waals surface area contributed by atoms with E-state index in [4.69, 9.17) is 10.3 Å². The van der Waals surface area contributed by atoms with Gasteiger partial charge in [0.1, 0.15) is 0 Å². The van der Waals surface area contributed by atoms with Gasteiger partial charge in [-0.25, -0.2) is 4.98 Å². The lowest BCUT2D eigenvalue weighted by Gasteiger charge is -2.11. The first-order chi connectivity index (χ1) is 8.84.